The molecule has 0 bridgehead atoms. The maximum atomic E-state index is 12.6. The SMILES string of the molecule is CCC(CC)ONC[C@@H](O)[C@H](Cc1ccccc1)NC(=O)O[C@H]1CO[C@H]2OCC[C@H]21. The number of aliphatic hydroxyl groups is 1. The molecule has 0 spiro atoms. The van der Waals surface area contributed by atoms with E-state index < -0.39 is 18.2 Å². The van der Waals surface area contributed by atoms with E-state index in [1.54, 1.807) is 0 Å². The normalized spacial score (nSPS) is 25.1. The molecule has 0 unspecified atom stereocenters. The van der Waals surface area contributed by atoms with Crippen molar-refractivity contribution >= 4 is 6.09 Å². The van der Waals surface area contributed by atoms with Crippen molar-refractivity contribution < 1.29 is 28.9 Å². The predicted octanol–water partition coefficient (Wildman–Crippen LogP) is 2.16. The fourth-order valence-corrected chi connectivity index (χ4v) is 3.87. The molecule has 0 radical (unpaired) electrons. The molecular formula is C22H34N2O6. The first-order chi connectivity index (χ1) is 14.6. The van der Waals surface area contributed by atoms with Crippen LogP contribution in [-0.2, 0) is 25.5 Å². The van der Waals surface area contributed by atoms with Crippen LogP contribution in [0, 0.1) is 5.92 Å². The standard InChI is InChI=1S/C22H34N2O6/c1-3-16(4-2)30-23-13-19(25)18(12-15-8-6-5-7-9-15)24-22(26)29-20-14-28-21-17(20)10-11-27-21/h5-9,16-21,23,25H,3-4,10-14H2,1-2H3,(H,24,26)/t17-,18-,19+,20-,21+/m0/s1. The van der Waals surface area contributed by atoms with Gasteiger partial charge in [0.05, 0.1) is 37.4 Å². The van der Waals surface area contributed by atoms with Gasteiger partial charge in [-0.15, -0.1) is 0 Å². The van der Waals surface area contributed by atoms with E-state index in [4.69, 9.17) is 19.0 Å². The van der Waals surface area contributed by atoms with Gasteiger partial charge in [-0.25, -0.2) is 4.79 Å². The maximum Gasteiger partial charge on any atom is 0.407 e. The second-order valence-corrected chi connectivity index (χ2v) is 7.88. The van der Waals surface area contributed by atoms with Gasteiger partial charge in [0, 0.05) is 6.54 Å². The van der Waals surface area contributed by atoms with E-state index >= 15 is 0 Å². The van der Waals surface area contributed by atoms with Crippen molar-refractivity contribution in [2.75, 3.05) is 19.8 Å². The third-order valence-corrected chi connectivity index (χ3v) is 5.76. The molecule has 1 amide bonds. The molecule has 2 saturated heterocycles. The molecule has 8 nitrogen and oxygen atoms in total. The molecule has 5 atom stereocenters. The lowest BCUT2D eigenvalue weighted by Gasteiger charge is -2.26. The van der Waals surface area contributed by atoms with Crippen molar-refractivity contribution in [3.63, 3.8) is 0 Å². The predicted molar refractivity (Wildman–Crippen MR) is 111 cm³/mol. The van der Waals surface area contributed by atoms with Gasteiger partial charge in [0.25, 0.3) is 0 Å². The van der Waals surface area contributed by atoms with Crippen LogP contribution < -0.4 is 10.8 Å². The summed E-state index contributed by atoms with van der Waals surface area (Å²) in [6.45, 7) is 5.25. The number of rotatable bonds is 11. The van der Waals surface area contributed by atoms with E-state index in [1.807, 2.05) is 30.3 Å². The number of alkyl carbamates (subject to hydrolysis) is 1. The smallest absolute Gasteiger partial charge is 0.407 e. The first kappa shape index (κ1) is 23.0. The average Bonchev–Trinajstić information content (AvgIpc) is 3.36. The minimum atomic E-state index is -0.852. The third-order valence-electron chi connectivity index (χ3n) is 5.76. The highest BCUT2D eigenvalue weighted by Crippen LogP contribution is 2.32. The molecular weight excluding hydrogens is 388 g/mol. The molecule has 1 aromatic rings. The topological polar surface area (TPSA) is 98.3 Å². The Morgan fingerprint density at radius 2 is 2.00 bits per heavy atom. The molecule has 3 N–H and O–H groups in total. The Bertz CT molecular complexity index is 642. The molecule has 8 heteroatoms. The summed E-state index contributed by atoms with van der Waals surface area (Å²) in [5.74, 6) is 0.0725. The monoisotopic (exact) mass is 422 g/mol. The highest BCUT2D eigenvalue weighted by molar-refractivity contribution is 5.68. The Morgan fingerprint density at radius 1 is 1.23 bits per heavy atom. The average molecular weight is 423 g/mol. The first-order valence-electron chi connectivity index (χ1n) is 10.9. The van der Waals surface area contributed by atoms with E-state index in [1.165, 1.54) is 0 Å². The van der Waals surface area contributed by atoms with Gasteiger partial charge in [0.2, 0.25) is 0 Å². The lowest BCUT2D eigenvalue weighted by molar-refractivity contribution is -0.0907. The lowest BCUT2D eigenvalue weighted by atomic mass is 10.0. The minimum Gasteiger partial charge on any atom is -0.443 e. The van der Waals surface area contributed by atoms with Crippen molar-refractivity contribution in [2.24, 2.45) is 5.92 Å². The van der Waals surface area contributed by atoms with Gasteiger partial charge in [-0.05, 0) is 31.2 Å². The van der Waals surface area contributed by atoms with Gasteiger partial charge in [-0.1, -0.05) is 44.2 Å². The van der Waals surface area contributed by atoms with Crippen LogP contribution in [0.25, 0.3) is 0 Å². The largest absolute Gasteiger partial charge is 0.443 e. The van der Waals surface area contributed by atoms with Crippen LogP contribution in [0.15, 0.2) is 30.3 Å². The van der Waals surface area contributed by atoms with E-state index in [9.17, 15) is 9.90 Å². The summed E-state index contributed by atoms with van der Waals surface area (Å²) in [4.78, 5) is 18.2. The number of nitrogens with one attached hydrogen (secondary N) is 2. The fourth-order valence-electron chi connectivity index (χ4n) is 3.87. The Morgan fingerprint density at radius 3 is 2.73 bits per heavy atom. The number of hydrogen-bond donors (Lipinski definition) is 3. The van der Waals surface area contributed by atoms with Crippen LogP contribution in [0.3, 0.4) is 0 Å². The Hall–Kier alpha value is -1.71. The van der Waals surface area contributed by atoms with E-state index in [2.05, 4.69) is 24.6 Å². The van der Waals surface area contributed by atoms with Crippen LogP contribution in [-0.4, -0.2) is 61.6 Å². The Kier molecular flexibility index (Phi) is 8.89. The summed E-state index contributed by atoms with van der Waals surface area (Å²) in [5.41, 5.74) is 3.86. The number of benzene rings is 1. The number of aliphatic hydroxyl groups excluding tert-OH is 1. The summed E-state index contributed by atoms with van der Waals surface area (Å²) < 4.78 is 16.6. The Labute approximate surface area is 178 Å². The summed E-state index contributed by atoms with van der Waals surface area (Å²) >= 11 is 0. The van der Waals surface area contributed by atoms with Crippen LogP contribution in [0.5, 0.6) is 0 Å². The number of amides is 1. The molecule has 2 fully saturated rings. The van der Waals surface area contributed by atoms with E-state index in [0.29, 0.717) is 19.6 Å². The summed E-state index contributed by atoms with van der Waals surface area (Å²) in [6.07, 6.45) is 1.12. The minimum absolute atomic E-state index is 0.0725. The second kappa shape index (κ2) is 11.6. The molecule has 3 rings (SSSR count). The van der Waals surface area contributed by atoms with Crippen LogP contribution in [0.2, 0.25) is 0 Å². The molecule has 30 heavy (non-hydrogen) atoms. The molecule has 0 saturated carbocycles. The van der Waals surface area contributed by atoms with Gasteiger partial charge in [-0.2, -0.15) is 5.48 Å². The summed E-state index contributed by atoms with van der Waals surface area (Å²) in [5, 5.41) is 13.6. The molecule has 2 aliphatic rings. The van der Waals surface area contributed by atoms with Gasteiger partial charge in [0.1, 0.15) is 6.10 Å². The fraction of sp³-hybridized carbons (Fsp3) is 0.682. The molecule has 0 aliphatic carbocycles. The molecule has 1 aromatic carbocycles. The van der Waals surface area contributed by atoms with Crippen molar-refractivity contribution in [2.45, 2.75) is 70.2 Å². The molecule has 2 heterocycles. The zero-order valence-corrected chi connectivity index (χ0v) is 17.8. The number of hydroxylamine groups is 1. The molecule has 168 valence electrons. The second-order valence-electron chi connectivity index (χ2n) is 7.88. The highest BCUT2D eigenvalue weighted by Gasteiger charge is 2.44. The van der Waals surface area contributed by atoms with E-state index in [-0.39, 0.29) is 31.0 Å². The highest BCUT2D eigenvalue weighted by atomic mass is 16.7. The zero-order chi connectivity index (χ0) is 21.3. The van der Waals surface area contributed by atoms with Crippen LogP contribution in [0.1, 0.15) is 38.7 Å². The van der Waals surface area contributed by atoms with Crippen LogP contribution >= 0.6 is 0 Å². The van der Waals surface area contributed by atoms with E-state index in [0.717, 1.165) is 24.8 Å². The zero-order valence-electron chi connectivity index (χ0n) is 17.8. The number of carbonyl (C=O) groups excluding carboxylic acids is 1. The maximum absolute atomic E-state index is 12.6. The lowest BCUT2D eigenvalue weighted by Crippen LogP contribution is -2.50. The first-order valence-corrected chi connectivity index (χ1v) is 10.9. The summed E-state index contributed by atoms with van der Waals surface area (Å²) in [6, 6.07) is 9.19. The Balaban J connectivity index is 1.55. The number of carbonyl (C=O) groups is 1. The van der Waals surface area contributed by atoms with Gasteiger partial charge >= 0.3 is 6.09 Å². The number of ether oxygens (including phenoxy) is 3. The number of hydrogen-bond acceptors (Lipinski definition) is 7. The van der Waals surface area contributed by atoms with Crippen molar-refractivity contribution in [1.29, 1.82) is 0 Å². The van der Waals surface area contributed by atoms with Crippen molar-refractivity contribution in [3.8, 4) is 0 Å². The molecule has 0 aromatic heterocycles. The summed E-state index contributed by atoms with van der Waals surface area (Å²) in [7, 11) is 0. The number of fused-ring (bicyclic) bond motifs is 1. The van der Waals surface area contributed by atoms with Gasteiger partial charge in [-0.3, -0.25) is 4.84 Å². The van der Waals surface area contributed by atoms with Gasteiger partial charge in [0.15, 0.2) is 6.29 Å². The van der Waals surface area contributed by atoms with Crippen molar-refractivity contribution in [1.82, 2.24) is 10.8 Å². The molecule has 2 aliphatic heterocycles. The quantitative estimate of drug-likeness (QED) is 0.470. The van der Waals surface area contributed by atoms with Crippen LogP contribution in [0.4, 0.5) is 4.79 Å². The van der Waals surface area contributed by atoms with Gasteiger partial charge < -0.3 is 24.6 Å². The van der Waals surface area contributed by atoms with Crippen molar-refractivity contribution in [3.05, 3.63) is 35.9 Å². The third kappa shape index (κ3) is 6.39.